The summed E-state index contributed by atoms with van der Waals surface area (Å²) in [6, 6.07) is 19.9. The average molecular weight is 544 g/mol. The van der Waals surface area contributed by atoms with Crippen LogP contribution in [0.2, 0.25) is 0 Å². The van der Waals surface area contributed by atoms with Gasteiger partial charge in [-0.25, -0.2) is 17.8 Å². The summed E-state index contributed by atoms with van der Waals surface area (Å²) in [5.41, 5.74) is 3.44. The molecule has 5 rings (SSSR count). The van der Waals surface area contributed by atoms with E-state index in [0.717, 1.165) is 16.8 Å². The third-order valence-corrected chi connectivity index (χ3v) is 6.96. The lowest BCUT2D eigenvalue weighted by atomic mass is 10.1. The van der Waals surface area contributed by atoms with Gasteiger partial charge in [0.05, 0.1) is 22.7 Å². The molecule has 0 aliphatic carbocycles. The van der Waals surface area contributed by atoms with E-state index >= 15 is 0 Å². The Balaban J connectivity index is 1.20. The fourth-order valence-electron chi connectivity index (χ4n) is 3.59. The topological polar surface area (TPSA) is 158 Å². The second-order valence-corrected chi connectivity index (χ2v) is 10.2. The van der Waals surface area contributed by atoms with Crippen molar-refractivity contribution in [2.24, 2.45) is 4.99 Å². The van der Waals surface area contributed by atoms with Gasteiger partial charge in [0.15, 0.2) is 5.76 Å². The third-order valence-electron chi connectivity index (χ3n) is 5.57. The van der Waals surface area contributed by atoms with Gasteiger partial charge in [-0.05, 0) is 71.0 Å². The number of carbonyl (C=O) groups excluding carboxylic acids is 2. The van der Waals surface area contributed by atoms with Gasteiger partial charge in [-0.1, -0.05) is 42.0 Å². The molecule has 1 aromatic heterocycles. The van der Waals surface area contributed by atoms with Crippen molar-refractivity contribution in [1.82, 2.24) is 30.2 Å². The van der Waals surface area contributed by atoms with Crippen LogP contribution >= 0.6 is 0 Å². The Morgan fingerprint density at radius 3 is 2.44 bits per heavy atom. The number of amidine groups is 1. The number of sulfonamides is 1. The number of aromatic nitrogens is 4. The van der Waals surface area contributed by atoms with Crippen LogP contribution in [0.15, 0.2) is 94.8 Å². The molecule has 1 saturated heterocycles. The van der Waals surface area contributed by atoms with Gasteiger partial charge in [0, 0.05) is 0 Å². The number of tetrazole rings is 1. The molecule has 1 aliphatic heterocycles. The van der Waals surface area contributed by atoms with E-state index in [9.17, 15) is 18.0 Å². The van der Waals surface area contributed by atoms with Crippen LogP contribution in [0.4, 0.5) is 5.69 Å². The summed E-state index contributed by atoms with van der Waals surface area (Å²) in [5.74, 6) is -1.03. The van der Waals surface area contributed by atoms with Crippen LogP contribution in [0.1, 0.15) is 16.7 Å². The van der Waals surface area contributed by atoms with Crippen molar-refractivity contribution in [3.63, 3.8) is 0 Å². The first-order valence-corrected chi connectivity index (χ1v) is 13.1. The molecule has 13 heteroatoms. The maximum atomic E-state index is 12.4. The van der Waals surface area contributed by atoms with Crippen molar-refractivity contribution in [3.8, 4) is 5.69 Å². The van der Waals surface area contributed by atoms with Crippen LogP contribution in [0.3, 0.4) is 0 Å². The number of carbonyl (C=O) groups is 2. The molecule has 2 amide bonds. The molecular weight excluding hydrogens is 522 g/mol. The Labute approximate surface area is 223 Å². The van der Waals surface area contributed by atoms with Crippen molar-refractivity contribution in [3.05, 3.63) is 102 Å². The zero-order chi connectivity index (χ0) is 27.4. The SMILES string of the molecule is Cc1ccc(S(=O)(=O)NC(=O)Cc2ccc(N=C3NC(=O)C(=Cc4ccc(-n5cnnn5)cc4)O3)cc2)cc1. The number of ether oxygens (including phenoxy) is 1. The van der Waals surface area contributed by atoms with Crippen LogP contribution in [0.25, 0.3) is 11.8 Å². The zero-order valence-electron chi connectivity index (χ0n) is 20.5. The lowest BCUT2D eigenvalue weighted by Crippen LogP contribution is -2.31. The molecule has 0 spiro atoms. The van der Waals surface area contributed by atoms with Gasteiger partial charge in [-0.2, -0.15) is 4.99 Å². The average Bonchev–Trinajstić information content (AvgIpc) is 3.56. The van der Waals surface area contributed by atoms with E-state index in [-0.39, 0.29) is 23.1 Å². The first kappa shape index (κ1) is 25.5. The molecular formula is C26H21N7O5S. The minimum atomic E-state index is -3.96. The molecule has 0 saturated carbocycles. The molecule has 0 atom stereocenters. The van der Waals surface area contributed by atoms with Gasteiger partial charge in [-0.15, -0.1) is 5.10 Å². The summed E-state index contributed by atoms with van der Waals surface area (Å²) < 4.78 is 34.0. The van der Waals surface area contributed by atoms with E-state index in [1.807, 2.05) is 6.92 Å². The number of aliphatic imine (C=N–C) groups is 1. The van der Waals surface area contributed by atoms with E-state index in [2.05, 4.69) is 30.6 Å². The van der Waals surface area contributed by atoms with Gasteiger partial charge in [-0.3, -0.25) is 14.9 Å². The van der Waals surface area contributed by atoms with Crippen molar-refractivity contribution in [2.45, 2.75) is 18.2 Å². The predicted octanol–water partition coefficient (Wildman–Crippen LogP) is 2.19. The molecule has 196 valence electrons. The molecule has 1 fully saturated rings. The molecule has 3 aromatic carbocycles. The van der Waals surface area contributed by atoms with Gasteiger partial charge < -0.3 is 4.74 Å². The lowest BCUT2D eigenvalue weighted by molar-refractivity contribution is -0.119. The van der Waals surface area contributed by atoms with Crippen LogP contribution in [0, 0.1) is 6.92 Å². The van der Waals surface area contributed by atoms with Gasteiger partial charge >= 0.3 is 6.02 Å². The number of nitrogens with zero attached hydrogens (tertiary/aromatic N) is 5. The monoisotopic (exact) mass is 543 g/mol. The standard InChI is InChI=1S/C26H21N7O5S/c1-17-2-12-22(13-3-17)39(36,37)30-24(34)15-19-4-8-20(9-5-19)28-26-29-25(35)23(38-26)14-18-6-10-21(11-7-18)33-16-27-31-32-33/h2-14,16H,15H2,1H3,(H,30,34)(H,28,29,35). The molecule has 0 radical (unpaired) electrons. The Morgan fingerprint density at radius 2 is 1.77 bits per heavy atom. The highest BCUT2D eigenvalue weighted by atomic mass is 32.2. The maximum Gasteiger partial charge on any atom is 0.302 e. The summed E-state index contributed by atoms with van der Waals surface area (Å²) in [6.07, 6.45) is 2.91. The molecule has 4 aromatic rings. The Kier molecular flexibility index (Phi) is 6.97. The number of amides is 2. The zero-order valence-corrected chi connectivity index (χ0v) is 21.3. The minimum absolute atomic E-state index is 0.00578. The normalized spacial score (nSPS) is 15.3. The number of rotatable bonds is 7. The van der Waals surface area contributed by atoms with Crippen molar-refractivity contribution < 1.29 is 22.7 Å². The van der Waals surface area contributed by atoms with Crippen LogP contribution in [-0.2, 0) is 30.8 Å². The lowest BCUT2D eigenvalue weighted by Gasteiger charge is -2.07. The van der Waals surface area contributed by atoms with E-state index in [4.69, 9.17) is 4.74 Å². The summed E-state index contributed by atoms with van der Waals surface area (Å²) in [7, 11) is -3.96. The number of nitrogens with one attached hydrogen (secondary N) is 2. The Morgan fingerprint density at radius 1 is 1.05 bits per heavy atom. The van der Waals surface area contributed by atoms with Gasteiger partial charge in [0.25, 0.3) is 15.9 Å². The molecule has 1 aliphatic rings. The smallest absolute Gasteiger partial charge is 0.302 e. The Bertz CT molecular complexity index is 1680. The highest BCUT2D eigenvalue weighted by Gasteiger charge is 2.25. The third kappa shape index (κ3) is 6.22. The summed E-state index contributed by atoms with van der Waals surface area (Å²) in [5, 5.41) is 13.6. The molecule has 0 bridgehead atoms. The van der Waals surface area contributed by atoms with Crippen molar-refractivity contribution in [2.75, 3.05) is 0 Å². The minimum Gasteiger partial charge on any atom is -0.420 e. The highest BCUT2D eigenvalue weighted by Crippen LogP contribution is 2.19. The fraction of sp³-hybridized carbons (Fsp3) is 0.0769. The van der Waals surface area contributed by atoms with Crippen LogP contribution < -0.4 is 10.0 Å². The summed E-state index contributed by atoms with van der Waals surface area (Å²) in [4.78, 5) is 29.0. The van der Waals surface area contributed by atoms with Crippen LogP contribution in [-0.4, -0.2) is 46.5 Å². The van der Waals surface area contributed by atoms with Gasteiger partial charge in [0.1, 0.15) is 6.33 Å². The number of benzene rings is 3. The highest BCUT2D eigenvalue weighted by molar-refractivity contribution is 7.90. The van der Waals surface area contributed by atoms with E-state index in [1.165, 1.54) is 23.1 Å². The quantitative estimate of drug-likeness (QED) is 0.336. The molecule has 12 nitrogen and oxygen atoms in total. The van der Waals surface area contributed by atoms with Gasteiger partial charge in [0.2, 0.25) is 5.91 Å². The predicted molar refractivity (Wildman–Crippen MR) is 140 cm³/mol. The van der Waals surface area contributed by atoms with E-state index in [0.29, 0.717) is 11.3 Å². The molecule has 39 heavy (non-hydrogen) atoms. The van der Waals surface area contributed by atoms with E-state index < -0.39 is 21.8 Å². The largest absolute Gasteiger partial charge is 0.420 e. The second kappa shape index (κ2) is 10.7. The van der Waals surface area contributed by atoms with Crippen LogP contribution in [0.5, 0.6) is 0 Å². The first-order valence-electron chi connectivity index (χ1n) is 11.6. The fourth-order valence-corrected chi connectivity index (χ4v) is 4.57. The van der Waals surface area contributed by atoms with Crippen molar-refractivity contribution in [1.29, 1.82) is 0 Å². The molecule has 2 N–H and O–H groups in total. The maximum absolute atomic E-state index is 12.4. The Hall–Kier alpha value is -5.17. The number of aryl methyl sites for hydroxylation is 1. The van der Waals surface area contributed by atoms with Crippen molar-refractivity contribution >= 4 is 39.6 Å². The van der Waals surface area contributed by atoms with E-state index in [1.54, 1.807) is 66.7 Å². The summed E-state index contributed by atoms with van der Waals surface area (Å²) in [6.45, 7) is 1.84. The second-order valence-electron chi connectivity index (χ2n) is 8.51. The number of hydrogen-bond donors (Lipinski definition) is 2. The first-order chi connectivity index (χ1) is 18.7. The molecule has 0 unspecified atom stereocenters. The molecule has 2 heterocycles. The summed E-state index contributed by atoms with van der Waals surface area (Å²) >= 11 is 0. The number of hydrogen-bond acceptors (Lipinski definition) is 9.